The first kappa shape index (κ1) is 13.6. The topological polar surface area (TPSA) is 66.6 Å². The van der Waals surface area contributed by atoms with Crippen LogP contribution in [0.25, 0.3) is 0 Å². The van der Waals surface area contributed by atoms with Crippen molar-refractivity contribution in [3.05, 3.63) is 23.5 Å². The lowest BCUT2D eigenvalue weighted by Gasteiger charge is -2.31. The van der Waals surface area contributed by atoms with Crippen LogP contribution in [0.15, 0.2) is 12.1 Å². The molecule has 1 aromatic carbocycles. The summed E-state index contributed by atoms with van der Waals surface area (Å²) in [6.45, 7) is 4.17. The number of carboxylic acids is 1. The molecular weight excluding hydrogens is 247 g/mol. The van der Waals surface area contributed by atoms with E-state index < -0.39 is 11.8 Å². The number of aromatic carboxylic acids is 1. The number of benzene rings is 1. The Bertz CT molecular complexity index is 504. The Balaban J connectivity index is 2.45. The average molecular weight is 266 g/mol. The van der Waals surface area contributed by atoms with Gasteiger partial charge >= 0.3 is 5.97 Å². The lowest BCUT2D eigenvalue weighted by molar-refractivity contribution is 0.0692. The highest BCUT2D eigenvalue weighted by molar-refractivity contribution is 5.91. The molecule has 19 heavy (non-hydrogen) atoms. The molecule has 5 heteroatoms. The SMILES string of the molecule is CCC1CCC(C)N1c1cc(F)c(C(=O)O)cc1N. The van der Waals surface area contributed by atoms with Crippen LogP contribution in [0, 0.1) is 5.82 Å². The molecule has 1 aromatic rings. The first-order valence-corrected chi connectivity index (χ1v) is 6.56. The standard InChI is InChI=1S/C14H19FN2O2/c1-3-9-5-4-8(2)17(9)13-7-11(15)10(14(18)19)6-12(13)16/h6-9H,3-5,16H2,1-2H3,(H,18,19). The molecule has 1 fully saturated rings. The molecule has 2 rings (SSSR count). The number of rotatable bonds is 3. The number of halogens is 1. The highest BCUT2D eigenvalue weighted by atomic mass is 19.1. The second-order valence-electron chi connectivity index (χ2n) is 5.09. The van der Waals surface area contributed by atoms with Gasteiger partial charge in [0.2, 0.25) is 0 Å². The molecule has 2 atom stereocenters. The number of hydrogen-bond acceptors (Lipinski definition) is 3. The van der Waals surface area contributed by atoms with E-state index in [1.54, 1.807) is 0 Å². The maximum absolute atomic E-state index is 13.8. The van der Waals surface area contributed by atoms with E-state index in [0.29, 0.717) is 23.5 Å². The summed E-state index contributed by atoms with van der Waals surface area (Å²) >= 11 is 0. The van der Waals surface area contributed by atoms with Crippen LogP contribution < -0.4 is 10.6 Å². The molecule has 2 unspecified atom stereocenters. The van der Waals surface area contributed by atoms with Crippen molar-refractivity contribution in [2.45, 2.75) is 45.2 Å². The number of nitrogens with zero attached hydrogens (tertiary/aromatic N) is 1. The molecule has 104 valence electrons. The van der Waals surface area contributed by atoms with Crippen molar-refractivity contribution in [3.63, 3.8) is 0 Å². The Labute approximate surface area is 112 Å². The Morgan fingerprint density at radius 3 is 2.79 bits per heavy atom. The fourth-order valence-electron chi connectivity index (χ4n) is 2.87. The number of nitrogen functional groups attached to an aromatic ring is 1. The Hall–Kier alpha value is -1.78. The van der Waals surface area contributed by atoms with Crippen molar-refractivity contribution in [1.29, 1.82) is 0 Å². The molecular formula is C14H19FN2O2. The van der Waals surface area contributed by atoms with Crippen LogP contribution in [0.2, 0.25) is 0 Å². The minimum absolute atomic E-state index is 0.294. The Morgan fingerprint density at radius 2 is 2.21 bits per heavy atom. The highest BCUT2D eigenvalue weighted by Gasteiger charge is 2.31. The van der Waals surface area contributed by atoms with E-state index in [1.165, 1.54) is 12.1 Å². The van der Waals surface area contributed by atoms with Gasteiger partial charge in [0.1, 0.15) is 5.82 Å². The fraction of sp³-hybridized carbons (Fsp3) is 0.500. The van der Waals surface area contributed by atoms with Gasteiger partial charge < -0.3 is 15.7 Å². The zero-order valence-electron chi connectivity index (χ0n) is 11.2. The van der Waals surface area contributed by atoms with Crippen molar-refractivity contribution in [2.75, 3.05) is 10.6 Å². The van der Waals surface area contributed by atoms with Crippen LogP contribution in [0.5, 0.6) is 0 Å². The molecule has 0 bridgehead atoms. The highest BCUT2D eigenvalue weighted by Crippen LogP contribution is 2.36. The van der Waals surface area contributed by atoms with Crippen molar-refractivity contribution < 1.29 is 14.3 Å². The zero-order valence-corrected chi connectivity index (χ0v) is 11.2. The third kappa shape index (κ3) is 2.37. The lowest BCUT2D eigenvalue weighted by Crippen LogP contribution is -2.34. The van der Waals surface area contributed by atoms with Crippen molar-refractivity contribution >= 4 is 17.3 Å². The maximum Gasteiger partial charge on any atom is 0.338 e. The summed E-state index contributed by atoms with van der Waals surface area (Å²) in [6, 6.07) is 3.10. The maximum atomic E-state index is 13.8. The molecule has 1 heterocycles. The molecule has 3 N–H and O–H groups in total. The first-order valence-electron chi connectivity index (χ1n) is 6.56. The summed E-state index contributed by atoms with van der Waals surface area (Å²) in [5.41, 5.74) is 6.48. The normalized spacial score (nSPS) is 22.8. The van der Waals surface area contributed by atoms with Gasteiger partial charge in [-0.1, -0.05) is 6.92 Å². The number of anilines is 2. The minimum Gasteiger partial charge on any atom is -0.478 e. The van der Waals surface area contributed by atoms with Gasteiger partial charge in [-0.25, -0.2) is 9.18 Å². The molecule has 1 aliphatic heterocycles. The minimum atomic E-state index is -1.29. The van der Waals surface area contributed by atoms with E-state index >= 15 is 0 Å². The Kier molecular flexibility index (Phi) is 3.64. The molecule has 1 aliphatic rings. The van der Waals surface area contributed by atoms with E-state index in [1.807, 2.05) is 0 Å². The first-order chi connectivity index (χ1) is 8.95. The third-order valence-electron chi connectivity index (χ3n) is 3.88. The number of hydrogen-bond donors (Lipinski definition) is 2. The van der Waals surface area contributed by atoms with Crippen molar-refractivity contribution in [3.8, 4) is 0 Å². The molecule has 0 radical (unpaired) electrons. The summed E-state index contributed by atoms with van der Waals surface area (Å²) in [7, 11) is 0. The van der Waals surface area contributed by atoms with E-state index in [2.05, 4.69) is 18.7 Å². The van der Waals surface area contributed by atoms with E-state index in [0.717, 1.165) is 19.3 Å². The van der Waals surface area contributed by atoms with Gasteiger partial charge in [-0.05, 0) is 32.3 Å². The second-order valence-corrected chi connectivity index (χ2v) is 5.09. The van der Waals surface area contributed by atoms with Gasteiger partial charge in [0.25, 0.3) is 0 Å². The van der Waals surface area contributed by atoms with Crippen LogP contribution in [-0.2, 0) is 0 Å². The third-order valence-corrected chi connectivity index (χ3v) is 3.88. The average Bonchev–Trinajstić information content (AvgIpc) is 2.72. The summed E-state index contributed by atoms with van der Waals surface area (Å²) in [5, 5.41) is 8.89. The zero-order chi connectivity index (χ0) is 14.2. The lowest BCUT2D eigenvalue weighted by atomic mass is 10.1. The van der Waals surface area contributed by atoms with Crippen LogP contribution >= 0.6 is 0 Å². The van der Waals surface area contributed by atoms with E-state index in [-0.39, 0.29) is 5.56 Å². The largest absolute Gasteiger partial charge is 0.478 e. The number of carboxylic acid groups (broad SMARTS) is 1. The van der Waals surface area contributed by atoms with Gasteiger partial charge in [-0.15, -0.1) is 0 Å². The monoisotopic (exact) mass is 266 g/mol. The van der Waals surface area contributed by atoms with Crippen LogP contribution in [0.1, 0.15) is 43.5 Å². The number of nitrogens with two attached hydrogens (primary N) is 1. The Morgan fingerprint density at radius 1 is 1.53 bits per heavy atom. The van der Waals surface area contributed by atoms with Gasteiger partial charge in [0, 0.05) is 18.2 Å². The number of carbonyl (C=O) groups is 1. The molecule has 4 nitrogen and oxygen atoms in total. The van der Waals surface area contributed by atoms with Gasteiger partial charge in [-0.3, -0.25) is 0 Å². The predicted octanol–water partition coefficient (Wildman–Crippen LogP) is 2.87. The smallest absolute Gasteiger partial charge is 0.338 e. The molecule has 0 spiro atoms. The predicted molar refractivity (Wildman–Crippen MR) is 73.0 cm³/mol. The fourth-order valence-corrected chi connectivity index (χ4v) is 2.87. The van der Waals surface area contributed by atoms with Gasteiger partial charge in [0.15, 0.2) is 0 Å². The molecule has 0 aliphatic carbocycles. The van der Waals surface area contributed by atoms with Crippen molar-refractivity contribution in [2.24, 2.45) is 0 Å². The van der Waals surface area contributed by atoms with Gasteiger partial charge in [0.05, 0.1) is 16.9 Å². The van der Waals surface area contributed by atoms with E-state index in [4.69, 9.17) is 10.8 Å². The quantitative estimate of drug-likeness (QED) is 0.825. The molecule has 0 aromatic heterocycles. The van der Waals surface area contributed by atoms with Crippen LogP contribution in [-0.4, -0.2) is 23.2 Å². The van der Waals surface area contributed by atoms with Crippen molar-refractivity contribution in [1.82, 2.24) is 0 Å². The molecule has 1 saturated heterocycles. The summed E-state index contributed by atoms with van der Waals surface area (Å²) < 4.78 is 13.8. The molecule has 0 amide bonds. The summed E-state index contributed by atoms with van der Waals surface area (Å²) in [4.78, 5) is 13.0. The van der Waals surface area contributed by atoms with Gasteiger partial charge in [-0.2, -0.15) is 0 Å². The summed E-state index contributed by atoms with van der Waals surface area (Å²) in [5.74, 6) is -2.03. The second kappa shape index (κ2) is 5.07. The summed E-state index contributed by atoms with van der Waals surface area (Å²) in [6.07, 6.45) is 3.06. The van der Waals surface area contributed by atoms with Crippen LogP contribution in [0.4, 0.5) is 15.8 Å². The van der Waals surface area contributed by atoms with E-state index in [9.17, 15) is 9.18 Å². The molecule has 0 saturated carbocycles. The van der Waals surface area contributed by atoms with Crippen LogP contribution in [0.3, 0.4) is 0 Å².